The number of benzene rings is 2. The SMILES string of the molecule is CN1CCN(NC(=O)C(Sc2ccccc2)c2ccccc2)CC1. The Labute approximate surface area is 147 Å². The number of hydrogen-bond acceptors (Lipinski definition) is 4. The fraction of sp³-hybridized carbons (Fsp3) is 0.316. The van der Waals surface area contributed by atoms with Crippen LogP contribution in [0.3, 0.4) is 0 Å². The number of amides is 1. The second-order valence-electron chi connectivity index (χ2n) is 5.99. The van der Waals surface area contributed by atoms with Crippen LogP contribution in [-0.2, 0) is 4.79 Å². The Balaban J connectivity index is 1.73. The first-order chi connectivity index (χ1) is 11.7. The van der Waals surface area contributed by atoms with Crippen LogP contribution >= 0.6 is 11.8 Å². The van der Waals surface area contributed by atoms with E-state index in [1.807, 2.05) is 65.7 Å². The van der Waals surface area contributed by atoms with E-state index in [9.17, 15) is 4.79 Å². The summed E-state index contributed by atoms with van der Waals surface area (Å²) in [4.78, 5) is 16.3. The number of hydrogen-bond donors (Lipinski definition) is 1. The van der Waals surface area contributed by atoms with Crippen LogP contribution in [0.25, 0.3) is 0 Å². The Morgan fingerprint density at radius 2 is 1.54 bits per heavy atom. The van der Waals surface area contributed by atoms with Gasteiger partial charge in [0, 0.05) is 31.1 Å². The summed E-state index contributed by atoms with van der Waals surface area (Å²) in [6.45, 7) is 3.67. The van der Waals surface area contributed by atoms with Gasteiger partial charge in [-0.15, -0.1) is 11.8 Å². The van der Waals surface area contributed by atoms with Crippen molar-refractivity contribution in [3.05, 3.63) is 66.2 Å². The van der Waals surface area contributed by atoms with Gasteiger partial charge in [-0.05, 0) is 24.7 Å². The zero-order chi connectivity index (χ0) is 16.8. The molecule has 1 saturated heterocycles. The van der Waals surface area contributed by atoms with Crippen LogP contribution in [0.4, 0.5) is 0 Å². The van der Waals surface area contributed by atoms with Gasteiger partial charge in [-0.1, -0.05) is 48.5 Å². The topological polar surface area (TPSA) is 35.6 Å². The Morgan fingerprint density at radius 3 is 2.17 bits per heavy atom. The number of likely N-dealkylation sites (N-methyl/N-ethyl adjacent to an activating group) is 1. The molecule has 1 amide bonds. The molecule has 0 aliphatic carbocycles. The van der Waals surface area contributed by atoms with Crippen molar-refractivity contribution in [2.45, 2.75) is 10.1 Å². The van der Waals surface area contributed by atoms with Crippen molar-refractivity contribution in [1.29, 1.82) is 0 Å². The van der Waals surface area contributed by atoms with E-state index in [2.05, 4.69) is 17.4 Å². The Kier molecular flexibility index (Phi) is 5.91. The molecule has 2 aromatic carbocycles. The molecule has 24 heavy (non-hydrogen) atoms. The normalized spacial score (nSPS) is 17.4. The van der Waals surface area contributed by atoms with E-state index in [0.717, 1.165) is 36.6 Å². The number of carbonyl (C=O) groups excluding carboxylic acids is 1. The van der Waals surface area contributed by atoms with Gasteiger partial charge >= 0.3 is 0 Å². The average Bonchev–Trinajstić information content (AvgIpc) is 2.63. The Hall–Kier alpha value is -1.82. The summed E-state index contributed by atoms with van der Waals surface area (Å²) in [6.07, 6.45) is 0. The number of carbonyl (C=O) groups is 1. The summed E-state index contributed by atoms with van der Waals surface area (Å²) in [7, 11) is 2.11. The molecular formula is C19H23N3OS. The molecule has 2 aromatic rings. The van der Waals surface area contributed by atoms with Crippen LogP contribution in [0, 0.1) is 0 Å². The highest BCUT2D eigenvalue weighted by atomic mass is 32.2. The number of piperazine rings is 1. The van der Waals surface area contributed by atoms with E-state index in [1.54, 1.807) is 11.8 Å². The van der Waals surface area contributed by atoms with Crippen LogP contribution in [0.1, 0.15) is 10.8 Å². The van der Waals surface area contributed by atoms with E-state index in [1.165, 1.54) is 0 Å². The van der Waals surface area contributed by atoms with Crippen molar-refractivity contribution in [2.24, 2.45) is 0 Å². The van der Waals surface area contributed by atoms with E-state index in [-0.39, 0.29) is 11.2 Å². The fourth-order valence-electron chi connectivity index (χ4n) is 2.67. The molecule has 1 unspecified atom stereocenters. The first kappa shape index (κ1) is 17.0. The summed E-state index contributed by atoms with van der Waals surface area (Å²) in [5.41, 5.74) is 4.13. The largest absolute Gasteiger partial charge is 0.304 e. The smallest absolute Gasteiger partial charge is 0.252 e. The zero-order valence-electron chi connectivity index (χ0n) is 13.9. The zero-order valence-corrected chi connectivity index (χ0v) is 14.7. The highest BCUT2D eigenvalue weighted by Gasteiger charge is 2.24. The summed E-state index contributed by atoms with van der Waals surface area (Å²) in [5, 5.41) is 1.78. The quantitative estimate of drug-likeness (QED) is 0.849. The van der Waals surface area contributed by atoms with Gasteiger partial charge in [-0.2, -0.15) is 0 Å². The van der Waals surface area contributed by atoms with Crippen molar-refractivity contribution in [3.63, 3.8) is 0 Å². The molecule has 1 N–H and O–H groups in total. The van der Waals surface area contributed by atoms with Crippen molar-refractivity contribution < 1.29 is 4.79 Å². The van der Waals surface area contributed by atoms with Crippen LogP contribution < -0.4 is 5.43 Å². The maximum Gasteiger partial charge on any atom is 0.252 e. The second-order valence-corrected chi connectivity index (χ2v) is 7.17. The molecule has 0 radical (unpaired) electrons. The lowest BCUT2D eigenvalue weighted by Gasteiger charge is -2.33. The predicted molar refractivity (Wildman–Crippen MR) is 98.7 cm³/mol. The van der Waals surface area contributed by atoms with Crippen molar-refractivity contribution >= 4 is 17.7 Å². The van der Waals surface area contributed by atoms with Crippen LogP contribution in [-0.4, -0.2) is 49.0 Å². The standard InChI is InChI=1S/C19H23N3OS/c1-21-12-14-22(15-13-21)20-19(23)18(16-8-4-2-5-9-16)24-17-10-6-3-7-11-17/h2-11,18H,12-15H2,1H3,(H,20,23). The summed E-state index contributed by atoms with van der Waals surface area (Å²) in [5.74, 6) is 0.0413. The average molecular weight is 341 g/mol. The molecule has 0 aromatic heterocycles. The van der Waals surface area contributed by atoms with Gasteiger partial charge in [-0.3, -0.25) is 10.2 Å². The van der Waals surface area contributed by atoms with E-state index in [4.69, 9.17) is 0 Å². The molecule has 1 aliphatic rings. The number of nitrogens with zero attached hydrogens (tertiary/aromatic N) is 2. The molecular weight excluding hydrogens is 318 g/mol. The van der Waals surface area contributed by atoms with Crippen LogP contribution in [0.2, 0.25) is 0 Å². The van der Waals surface area contributed by atoms with Gasteiger partial charge in [0.25, 0.3) is 5.91 Å². The molecule has 4 nitrogen and oxygen atoms in total. The Morgan fingerprint density at radius 1 is 0.958 bits per heavy atom. The molecule has 1 atom stereocenters. The second kappa shape index (κ2) is 8.33. The lowest BCUT2D eigenvalue weighted by molar-refractivity contribution is -0.126. The lowest BCUT2D eigenvalue weighted by Crippen LogP contribution is -2.53. The van der Waals surface area contributed by atoms with Gasteiger partial charge in [0.1, 0.15) is 5.25 Å². The molecule has 3 rings (SSSR count). The summed E-state index contributed by atoms with van der Waals surface area (Å²) < 4.78 is 0. The highest BCUT2D eigenvalue weighted by Crippen LogP contribution is 2.35. The molecule has 126 valence electrons. The lowest BCUT2D eigenvalue weighted by atomic mass is 10.1. The fourth-order valence-corrected chi connectivity index (χ4v) is 3.71. The summed E-state index contributed by atoms with van der Waals surface area (Å²) in [6, 6.07) is 20.1. The molecule has 0 bridgehead atoms. The van der Waals surface area contributed by atoms with Crippen LogP contribution in [0.15, 0.2) is 65.6 Å². The summed E-state index contributed by atoms with van der Waals surface area (Å²) >= 11 is 1.59. The molecule has 1 heterocycles. The monoisotopic (exact) mass is 341 g/mol. The predicted octanol–water partition coefficient (Wildman–Crippen LogP) is 2.80. The maximum absolute atomic E-state index is 12.9. The van der Waals surface area contributed by atoms with Crippen LogP contribution in [0.5, 0.6) is 0 Å². The number of rotatable bonds is 5. The molecule has 0 spiro atoms. The van der Waals surface area contributed by atoms with Gasteiger partial charge in [-0.25, -0.2) is 5.01 Å². The van der Waals surface area contributed by atoms with Gasteiger partial charge in [0.15, 0.2) is 0 Å². The highest BCUT2D eigenvalue weighted by molar-refractivity contribution is 8.00. The minimum Gasteiger partial charge on any atom is -0.304 e. The molecule has 0 saturated carbocycles. The number of hydrazine groups is 1. The molecule has 5 heteroatoms. The minimum atomic E-state index is -0.256. The first-order valence-corrected chi connectivity index (χ1v) is 9.11. The third-order valence-electron chi connectivity index (χ3n) is 4.11. The van der Waals surface area contributed by atoms with Gasteiger partial charge < -0.3 is 4.90 Å². The van der Waals surface area contributed by atoms with Gasteiger partial charge in [0.2, 0.25) is 0 Å². The minimum absolute atomic E-state index is 0.0413. The van der Waals surface area contributed by atoms with Gasteiger partial charge in [0.05, 0.1) is 0 Å². The third-order valence-corrected chi connectivity index (χ3v) is 5.38. The third kappa shape index (κ3) is 4.60. The van der Waals surface area contributed by atoms with E-state index >= 15 is 0 Å². The van der Waals surface area contributed by atoms with Crippen molar-refractivity contribution in [2.75, 3.05) is 33.2 Å². The number of thioether (sulfide) groups is 1. The Bertz CT molecular complexity index is 642. The van der Waals surface area contributed by atoms with E-state index < -0.39 is 0 Å². The maximum atomic E-state index is 12.9. The van der Waals surface area contributed by atoms with E-state index in [0.29, 0.717) is 0 Å². The first-order valence-electron chi connectivity index (χ1n) is 8.23. The molecule has 1 fully saturated rings. The van der Waals surface area contributed by atoms with Crippen molar-refractivity contribution in [3.8, 4) is 0 Å². The van der Waals surface area contributed by atoms with Crippen molar-refractivity contribution in [1.82, 2.24) is 15.3 Å². The number of nitrogens with one attached hydrogen (secondary N) is 1. The molecule has 1 aliphatic heterocycles.